The van der Waals surface area contributed by atoms with Crippen LogP contribution in [0.5, 0.6) is 0 Å². The van der Waals surface area contributed by atoms with Gasteiger partial charge in [-0.3, -0.25) is 9.59 Å². The Morgan fingerprint density at radius 2 is 1.63 bits per heavy atom. The van der Waals surface area contributed by atoms with Crippen LogP contribution in [0.3, 0.4) is 0 Å². The second kappa shape index (κ2) is 9.51. The van der Waals surface area contributed by atoms with Crippen LogP contribution in [0, 0.1) is 23.2 Å². The van der Waals surface area contributed by atoms with E-state index in [0.29, 0.717) is 19.6 Å². The van der Waals surface area contributed by atoms with Crippen LogP contribution in [-0.2, 0) is 14.3 Å². The van der Waals surface area contributed by atoms with Crippen molar-refractivity contribution in [3.8, 4) is 0 Å². The molecule has 30 heavy (non-hydrogen) atoms. The molecule has 164 valence electrons. The first-order valence-electron chi connectivity index (χ1n) is 11.7. The van der Waals surface area contributed by atoms with Gasteiger partial charge in [0.05, 0.1) is 12.6 Å². The zero-order valence-electron chi connectivity index (χ0n) is 18.2. The summed E-state index contributed by atoms with van der Waals surface area (Å²) in [5.74, 6) is 2.47. The number of benzene rings is 1. The van der Waals surface area contributed by atoms with Gasteiger partial charge in [-0.2, -0.15) is 0 Å². The predicted octanol–water partition coefficient (Wildman–Crippen LogP) is 3.99. The third-order valence-corrected chi connectivity index (χ3v) is 7.43. The van der Waals surface area contributed by atoms with Gasteiger partial charge in [0.25, 0.3) is 0 Å². The lowest BCUT2D eigenvalue weighted by Gasteiger charge is -2.56. The molecule has 2 N–H and O–H groups in total. The Bertz CT molecular complexity index is 698. The maximum Gasteiger partial charge on any atom is 0.239 e. The quantitative estimate of drug-likeness (QED) is 0.571. The number of amides is 2. The molecule has 0 radical (unpaired) electrons. The molecule has 4 bridgehead atoms. The normalized spacial score (nSPS) is 30.1. The number of rotatable bonds is 10. The van der Waals surface area contributed by atoms with E-state index in [2.05, 4.69) is 22.8 Å². The van der Waals surface area contributed by atoms with Gasteiger partial charge in [0.15, 0.2) is 0 Å². The van der Waals surface area contributed by atoms with Crippen molar-refractivity contribution in [3.05, 3.63) is 35.9 Å². The maximum atomic E-state index is 12.5. The topological polar surface area (TPSA) is 67.4 Å². The third kappa shape index (κ3) is 5.42. The van der Waals surface area contributed by atoms with E-state index >= 15 is 0 Å². The number of hydrogen-bond acceptors (Lipinski definition) is 3. The Balaban J connectivity index is 1.08. The molecule has 1 atom stereocenters. The zero-order chi connectivity index (χ0) is 21.0. The van der Waals surface area contributed by atoms with Crippen molar-refractivity contribution in [3.63, 3.8) is 0 Å². The fraction of sp³-hybridized carbons (Fsp3) is 0.680. The van der Waals surface area contributed by atoms with Gasteiger partial charge in [-0.25, -0.2) is 0 Å². The van der Waals surface area contributed by atoms with Gasteiger partial charge in [0, 0.05) is 19.6 Å². The molecule has 0 aliphatic heterocycles. The lowest BCUT2D eigenvalue weighted by molar-refractivity contribution is -0.131. The molecule has 1 aromatic rings. The number of ether oxygens (including phenoxy) is 1. The van der Waals surface area contributed by atoms with Gasteiger partial charge in [0.2, 0.25) is 11.8 Å². The van der Waals surface area contributed by atoms with Crippen molar-refractivity contribution < 1.29 is 14.3 Å². The van der Waals surface area contributed by atoms with Crippen molar-refractivity contribution in [2.75, 3.05) is 19.7 Å². The van der Waals surface area contributed by atoms with Gasteiger partial charge in [-0.1, -0.05) is 30.3 Å². The Hall–Kier alpha value is -1.88. The van der Waals surface area contributed by atoms with Crippen LogP contribution in [0.15, 0.2) is 30.3 Å². The van der Waals surface area contributed by atoms with Crippen LogP contribution in [0.2, 0.25) is 0 Å². The van der Waals surface area contributed by atoms with Crippen molar-refractivity contribution in [1.29, 1.82) is 0 Å². The molecule has 2 amide bonds. The first-order valence-corrected chi connectivity index (χ1v) is 11.7. The number of carbonyl (C=O) groups excluding carboxylic acids is 2. The molecule has 0 saturated heterocycles. The Kier molecular flexibility index (Phi) is 6.77. The molecular formula is C25H36N2O3. The van der Waals surface area contributed by atoms with Crippen molar-refractivity contribution in [2.24, 2.45) is 23.2 Å². The average Bonchev–Trinajstić information content (AvgIpc) is 2.71. The van der Waals surface area contributed by atoms with Gasteiger partial charge in [-0.15, -0.1) is 0 Å². The van der Waals surface area contributed by atoms with Crippen LogP contribution in [0.25, 0.3) is 0 Å². The molecule has 1 aromatic carbocycles. The van der Waals surface area contributed by atoms with E-state index in [0.717, 1.165) is 29.7 Å². The molecule has 1 unspecified atom stereocenters. The number of nitrogens with one attached hydrogen (secondary N) is 2. The Morgan fingerprint density at radius 1 is 1.00 bits per heavy atom. The molecule has 0 aromatic heterocycles. The fourth-order valence-corrected chi connectivity index (χ4v) is 6.53. The van der Waals surface area contributed by atoms with Crippen molar-refractivity contribution in [1.82, 2.24) is 10.6 Å². The van der Waals surface area contributed by atoms with Crippen LogP contribution in [0.1, 0.15) is 70.0 Å². The molecule has 5 nitrogen and oxygen atoms in total. The first kappa shape index (κ1) is 21.4. The predicted molar refractivity (Wildman–Crippen MR) is 117 cm³/mol. The van der Waals surface area contributed by atoms with E-state index in [1.165, 1.54) is 38.5 Å². The molecule has 0 heterocycles. The lowest BCUT2D eigenvalue weighted by atomic mass is 9.49. The van der Waals surface area contributed by atoms with Crippen LogP contribution >= 0.6 is 0 Å². The fourth-order valence-electron chi connectivity index (χ4n) is 6.53. The Morgan fingerprint density at radius 3 is 2.27 bits per heavy atom. The van der Waals surface area contributed by atoms with E-state index in [9.17, 15) is 9.59 Å². The summed E-state index contributed by atoms with van der Waals surface area (Å²) in [4.78, 5) is 24.6. The van der Waals surface area contributed by atoms with Crippen LogP contribution in [0.4, 0.5) is 0 Å². The summed E-state index contributed by atoms with van der Waals surface area (Å²) in [7, 11) is 0. The minimum atomic E-state index is -0.120. The highest BCUT2D eigenvalue weighted by Gasteiger charge is 2.51. The molecule has 4 saturated carbocycles. The van der Waals surface area contributed by atoms with E-state index in [-0.39, 0.29) is 29.9 Å². The standard InChI is InChI=1S/C25H36N2O3/c1-18(22-6-3-2-4-7-22)30-9-5-8-26-24(29)17-27-23(28)16-25-13-19-10-20(14-25)12-21(11-19)15-25/h2-4,6-7,18-21H,5,8-17H2,1H3,(H,26,29)(H,27,28). The molecule has 0 spiro atoms. The van der Waals surface area contributed by atoms with E-state index < -0.39 is 0 Å². The zero-order valence-corrected chi connectivity index (χ0v) is 18.2. The van der Waals surface area contributed by atoms with Crippen LogP contribution < -0.4 is 10.6 Å². The smallest absolute Gasteiger partial charge is 0.239 e. The highest BCUT2D eigenvalue weighted by atomic mass is 16.5. The molecule has 4 aliphatic carbocycles. The summed E-state index contributed by atoms with van der Waals surface area (Å²) >= 11 is 0. The number of hydrogen-bond donors (Lipinski definition) is 2. The molecule has 5 heteroatoms. The SMILES string of the molecule is CC(OCCCNC(=O)CNC(=O)CC12CC3CC(CC(C3)C1)C2)c1ccccc1. The highest BCUT2D eigenvalue weighted by molar-refractivity contribution is 5.84. The summed E-state index contributed by atoms with van der Waals surface area (Å²) < 4.78 is 5.82. The van der Waals surface area contributed by atoms with E-state index in [1.807, 2.05) is 25.1 Å². The van der Waals surface area contributed by atoms with E-state index in [1.54, 1.807) is 0 Å². The van der Waals surface area contributed by atoms with Gasteiger partial charge in [-0.05, 0) is 80.6 Å². The maximum absolute atomic E-state index is 12.5. The van der Waals surface area contributed by atoms with Gasteiger partial charge >= 0.3 is 0 Å². The summed E-state index contributed by atoms with van der Waals surface area (Å²) in [6, 6.07) is 10.1. The molecule has 5 rings (SSSR count). The Labute approximate surface area is 180 Å². The summed E-state index contributed by atoms with van der Waals surface area (Å²) in [6.07, 6.45) is 9.23. The van der Waals surface area contributed by atoms with Crippen LogP contribution in [-0.4, -0.2) is 31.5 Å². The minimum absolute atomic E-state index is 0.0470. The monoisotopic (exact) mass is 412 g/mol. The van der Waals surface area contributed by atoms with Gasteiger partial charge in [0.1, 0.15) is 0 Å². The summed E-state index contributed by atoms with van der Waals surface area (Å²) in [5, 5.41) is 5.73. The second-order valence-electron chi connectivity index (χ2n) is 10.00. The number of carbonyl (C=O) groups is 2. The van der Waals surface area contributed by atoms with Crippen molar-refractivity contribution in [2.45, 2.75) is 64.4 Å². The average molecular weight is 413 g/mol. The summed E-state index contributed by atoms with van der Waals surface area (Å²) in [6.45, 7) is 3.26. The lowest BCUT2D eigenvalue weighted by Crippen LogP contribution is -2.48. The van der Waals surface area contributed by atoms with Crippen molar-refractivity contribution >= 4 is 11.8 Å². The first-order chi connectivity index (χ1) is 14.5. The minimum Gasteiger partial charge on any atom is -0.374 e. The van der Waals surface area contributed by atoms with E-state index in [4.69, 9.17) is 4.74 Å². The molecule has 4 fully saturated rings. The second-order valence-corrected chi connectivity index (χ2v) is 10.00. The largest absolute Gasteiger partial charge is 0.374 e. The van der Waals surface area contributed by atoms with Gasteiger partial charge < -0.3 is 15.4 Å². The third-order valence-electron chi connectivity index (χ3n) is 7.43. The summed E-state index contributed by atoms with van der Waals surface area (Å²) in [5.41, 5.74) is 1.38. The molecular weight excluding hydrogens is 376 g/mol. The highest BCUT2D eigenvalue weighted by Crippen LogP contribution is 2.61. The molecule has 4 aliphatic rings.